The van der Waals surface area contributed by atoms with Crippen LogP contribution in [0.15, 0.2) is 22.7 Å². The molecule has 2 rings (SSSR count). The van der Waals surface area contributed by atoms with Crippen molar-refractivity contribution in [3.8, 4) is 0 Å². The largest absolute Gasteiger partial charge is 0.393 e. The van der Waals surface area contributed by atoms with Gasteiger partial charge in [0.2, 0.25) is 0 Å². The number of carbonyl (C=O) groups excluding carboxylic acids is 1. The molecule has 0 bridgehead atoms. The SMILES string of the molecule is NC(=S)CCN(C(=O)c1ccc(Br)cc1F)C1CC1. The molecule has 0 radical (unpaired) electrons. The third kappa shape index (κ3) is 3.73. The van der Waals surface area contributed by atoms with Crippen LogP contribution in [0.5, 0.6) is 0 Å². The number of hydrogen-bond donors (Lipinski definition) is 1. The van der Waals surface area contributed by atoms with Crippen LogP contribution in [-0.2, 0) is 0 Å². The summed E-state index contributed by atoms with van der Waals surface area (Å²) in [7, 11) is 0. The molecular formula is C13H14BrFN2OS. The number of thiocarbonyl (C=S) groups is 1. The molecule has 0 aromatic heterocycles. The summed E-state index contributed by atoms with van der Waals surface area (Å²) in [5, 5.41) is 0. The van der Waals surface area contributed by atoms with Gasteiger partial charge >= 0.3 is 0 Å². The van der Waals surface area contributed by atoms with Crippen molar-refractivity contribution in [3.05, 3.63) is 34.1 Å². The summed E-state index contributed by atoms with van der Waals surface area (Å²) >= 11 is 8.00. The van der Waals surface area contributed by atoms with Crippen LogP contribution in [0.4, 0.5) is 4.39 Å². The van der Waals surface area contributed by atoms with Gasteiger partial charge in [0.1, 0.15) is 5.82 Å². The lowest BCUT2D eigenvalue weighted by atomic mass is 10.1. The third-order valence-electron chi connectivity index (χ3n) is 3.01. The molecule has 1 aliphatic rings. The average molecular weight is 345 g/mol. The van der Waals surface area contributed by atoms with Gasteiger partial charge in [-0.1, -0.05) is 28.1 Å². The van der Waals surface area contributed by atoms with Crippen LogP contribution in [0.2, 0.25) is 0 Å². The molecule has 2 N–H and O–H groups in total. The Kier molecular flexibility index (Phi) is 4.52. The number of carbonyl (C=O) groups is 1. The lowest BCUT2D eigenvalue weighted by Gasteiger charge is -2.22. The number of hydrogen-bond acceptors (Lipinski definition) is 2. The van der Waals surface area contributed by atoms with Crippen molar-refractivity contribution in [2.24, 2.45) is 5.73 Å². The maximum Gasteiger partial charge on any atom is 0.257 e. The first-order valence-corrected chi connectivity index (χ1v) is 7.23. The molecule has 0 saturated heterocycles. The zero-order valence-corrected chi connectivity index (χ0v) is 12.6. The van der Waals surface area contributed by atoms with Gasteiger partial charge in [-0.2, -0.15) is 0 Å². The maximum atomic E-state index is 13.8. The van der Waals surface area contributed by atoms with Crippen molar-refractivity contribution in [3.63, 3.8) is 0 Å². The quantitative estimate of drug-likeness (QED) is 0.835. The fourth-order valence-corrected chi connectivity index (χ4v) is 2.31. The Balaban J connectivity index is 2.16. The van der Waals surface area contributed by atoms with Gasteiger partial charge in [0.25, 0.3) is 5.91 Å². The number of benzene rings is 1. The fraction of sp³-hybridized carbons (Fsp3) is 0.385. The zero-order valence-electron chi connectivity index (χ0n) is 10.2. The van der Waals surface area contributed by atoms with E-state index in [1.165, 1.54) is 12.1 Å². The van der Waals surface area contributed by atoms with Crippen LogP contribution < -0.4 is 5.73 Å². The minimum atomic E-state index is -0.514. The molecule has 0 unspecified atom stereocenters. The molecule has 1 aliphatic carbocycles. The summed E-state index contributed by atoms with van der Waals surface area (Å²) in [6.07, 6.45) is 2.39. The van der Waals surface area contributed by atoms with Gasteiger partial charge in [0.15, 0.2) is 0 Å². The van der Waals surface area contributed by atoms with Gasteiger partial charge < -0.3 is 10.6 Å². The Morgan fingerprint density at radius 1 is 1.53 bits per heavy atom. The van der Waals surface area contributed by atoms with Gasteiger partial charge in [-0.05, 0) is 31.0 Å². The van der Waals surface area contributed by atoms with Crippen molar-refractivity contribution < 1.29 is 9.18 Å². The maximum absolute atomic E-state index is 13.8. The molecular weight excluding hydrogens is 331 g/mol. The second-order valence-electron chi connectivity index (χ2n) is 4.57. The van der Waals surface area contributed by atoms with Crippen LogP contribution in [0.25, 0.3) is 0 Å². The second kappa shape index (κ2) is 5.96. The highest BCUT2D eigenvalue weighted by molar-refractivity contribution is 9.10. The second-order valence-corrected chi connectivity index (χ2v) is 6.01. The molecule has 102 valence electrons. The average Bonchev–Trinajstić information content (AvgIpc) is 3.13. The van der Waals surface area contributed by atoms with Crippen molar-refractivity contribution in [2.45, 2.75) is 25.3 Å². The van der Waals surface area contributed by atoms with Gasteiger partial charge in [-0.25, -0.2) is 4.39 Å². The van der Waals surface area contributed by atoms with Crippen LogP contribution >= 0.6 is 28.1 Å². The first-order chi connectivity index (χ1) is 8.99. The van der Waals surface area contributed by atoms with Crippen LogP contribution in [-0.4, -0.2) is 28.4 Å². The predicted molar refractivity (Wildman–Crippen MR) is 79.6 cm³/mol. The van der Waals surface area contributed by atoms with E-state index in [0.29, 0.717) is 22.4 Å². The van der Waals surface area contributed by atoms with E-state index in [1.807, 2.05) is 0 Å². The number of nitrogens with zero attached hydrogens (tertiary/aromatic N) is 1. The summed E-state index contributed by atoms with van der Waals surface area (Å²) in [6.45, 7) is 0.453. The molecule has 0 heterocycles. The van der Waals surface area contributed by atoms with E-state index in [0.717, 1.165) is 12.8 Å². The fourth-order valence-electron chi connectivity index (χ4n) is 1.88. The number of halogens is 2. The Morgan fingerprint density at radius 2 is 2.21 bits per heavy atom. The Hall–Kier alpha value is -1.01. The molecule has 1 saturated carbocycles. The third-order valence-corrected chi connectivity index (χ3v) is 3.71. The Morgan fingerprint density at radius 3 is 2.74 bits per heavy atom. The summed E-state index contributed by atoms with van der Waals surface area (Å²) in [6, 6.07) is 4.66. The molecule has 1 aromatic carbocycles. The Labute approximate surface area is 125 Å². The highest BCUT2D eigenvalue weighted by atomic mass is 79.9. The lowest BCUT2D eigenvalue weighted by Crippen LogP contribution is -2.36. The van der Waals surface area contributed by atoms with E-state index < -0.39 is 5.82 Å². The molecule has 1 aromatic rings. The number of rotatable bonds is 5. The topological polar surface area (TPSA) is 46.3 Å². The number of amides is 1. The van der Waals surface area contributed by atoms with Gasteiger partial charge in [0.05, 0.1) is 10.6 Å². The minimum Gasteiger partial charge on any atom is -0.393 e. The predicted octanol–water partition coefficient (Wildman–Crippen LogP) is 2.87. The van der Waals surface area contributed by atoms with Crippen LogP contribution in [0, 0.1) is 5.82 Å². The summed E-state index contributed by atoms with van der Waals surface area (Å²) < 4.78 is 14.4. The van der Waals surface area contributed by atoms with E-state index in [2.05, 4.69) is 15.9 Å². The Bertz CT molecular complexity index is 519. The number of nitrogens with two attached hydrogens (primary N) is 1. The van der Waals surface area contributed by atoms with Crippen LogP contribution in [0.1, 0.15) is 29.6 Å². The molecule has 1 fully saturated rings. The first-order valence-electron chi connectivity index (χ1n) is 6.03. The smallest absolute Gasteiger partial charge is 0.257 e. The van der Waals surface area contributed by atoms with Gasteiger partial charge in [-0.15, -0.1) is 0 Å². The molecule has 0 aliphatic heterocycles. The lowest BCUT2D eigenvalue weighted by molar-refractivity contribution is 0.0743. The van der Waals surface area contributed by atoms with Crippen molar-refractivity contribution in [1.82, 2.24) is 4.90 Å². The van der Waals surface area contributed by atoms with Crippen molar-refractivity contribution >= 4 is 39.0 Å². The van der Waals surface area contributed by atoms with Gasteiger partial charge in [-0.3, -0.25) is 4.79 Å². The zero-order chi connectivity index (χ0) is 14.0. The van der Waals surface area contributed by atoms with Crippen LogP contribution in [0.3, 0.4) is 0 Å². The monoisotopic (exact) mass is 344 g/mol. The highest BCUT2D eigenvalue weighted by Crippen LogP contribution is 2.29. The highest BCUT2D eigenvalue weighted by Gasteiger charge is 2.33. The van der Waals surface area contributed by atoms with Gasteiger partial charge in [0, 0.05) is 23.5 Å². The normalized spacial score (nSPS) is 14.2. The van der Waals surface area contributed by atoms with E-state index in [4.69, 9.17) is 18.0 Å². The summed E-state index contributed by atoms with van der Waals surface area (Å²) in [4.78, 5) is 14.4. The molecule has 19 heavy (non-hydrogen) atoms. The molecule has 0 atom stereocenters. The molecule has 1 amide bonds. The molecule has 3 nitrogen and oxygen atoms in total. The summed E-state index contributed by atoms with van der Waals surface area (Å²) in [5.74, 6) is -0.802. The van der Waals surface area contributed by atoms with E-state index >= 15 is 0 Å². The van der Waals surface area contributed by atoms with E-state index in [1.54, 1.807) is 11.0 Å². The molecule has 6 heteroatoms. The van der Waals surface area contributed by atoms with Crippen molar-refractivity contribution in [1.29, 1.82) is 0 Å². The van der Waals surface area contributed by atoms with E-state index in [-0.39, 0.29) is 17.5 Å². The first kappa shape index (κ1) is 14.4. The van der Waals surface area contributed by atoms with E-state index in [9.17, 15) is 9.18 Å². The standard InChI is InChI=1S/C13H14BrFN2OS/c14-8-1-4-10(11(15)7-8)13(18)17(9-2-3-9)6-5-12(16)19/h1,4,7,9H,2-3,5-6H2,(H2,16,19). The van der Waals surface area contributed by atoms with Crippen molar-refractivity contribution in [2.75, 3.05) is 6.54 Å². The minimum absolute atomic E-state index is 0.0954. The molecule has 0 spiro atoms. The summed E-state index contributed by atoms with van der Waals surface area (Å²) in [5.41, 5.74) is 5.56.